The van der Waals surface area contributed by atoms with E-state index >= 15 is 22.0 Å². The van der Waals surface area contributed by atoms with Crippen molar-refractivity contribution >= 4 is 72.5 Å². The first-order valence-corrected chi connectivity index (χ1v) is 33.3. The van der Waals surface area contributed by atoms with E-state index in [2.05, 4.69) is 45.9 Å². The Morgan fingerprint density at radius 3 is 1.80 bits per heavy atom. The fourth-order valence-corrected chi connectivity index (χ4v) is 12.9. The number of hydrogen-bond donors (Lipinski definition) is 4. The summed E-state index contributed by atoms with van der Waals surface area (Å²) in [7, 11) is -4.57. The van der Waals surface area contributed by atoms with Crippen LogP contribution < -0.4 is 49.5 Å². The average Bonchev–Trinajstić information content (AvgIpc) is 1.16. The third kappa shape index (κ3) is 15.7. The van der Waals surface area contributed by atoms with E-state index in [-0.39, 0.29) is 148 Å². The highest BCUT2D eigenvalue weighted by Gasteiger charge is 2.24. The minimum Gasteiger partial charge on any atom is -0.493 e. The molecule has 3 aliphatic heterocycles. The number of anilines is 6. The Morgan fingerprint density at radius 1 is 0.527 bits per heavy atom. The number of thioether (sulfide) groups is 1. The molecule has 470 valence electrons. The van der Waals surface area contributed by atoms with Crippen LogP contribution in [-0.2, 0) is 43.5 Å². The summed E-state index contributed by atoms with van der Waals surface area (Å²) in [5, 5.41) is 16.5. The van der Waals surface area contributed by atoms with Gasteiger partial charge in [0.1, 0.15) is 81.0 Å². The molecular formula is C64H56F6N10O8S3. The first kappa shape index (κ1) is 62.0. The molecular weight excluding hydrogens is 1250 g/mol. The summed E-state index contributed by atoms with van der Waals surface area (Å²) in [5.41, 5.74) is 3.06. The third-order valence-corrected chi connectivity index (χ3v) is 17.2. The molecule has 91 heavy (non-hydrogen) atoms. The number of nitrogens with one attached hydrogen (secondary N) is 3. The fourth-order valence-electron chi connectivity index (χ4n) is 10.1. The number of nitrogens with zero attached hydrogens (tertiary/aromatic N) is 6. The Morgan fingerprint density at radius 2 is 1.11 bits per heavy atom. The lowest BCUT2D eigenvalue weighted by Gasteiger charge is -2.18. The quantitative estimate of drug-likeness (QED) is 0.0778. The molecule has 0 aliphatic carbocycles. The van der Waals surface area contributed by atoms with Crippen LogP contribution in [-0.4, -0.2) is 89.6 Å². The van der Waals surface area contributed by atoms with Gasteiger partial charge >= 0.3 is 0 Å². The van der Waals surface area contributed by atoms with Crippen molar-refractivity contribution in [3.63, 3.8) is 0 Å². The topological polar surface area (TPSA) is 229 Å². The van der Waals surface area contributed by atoms with E-state index in [9.17, 15) is 12.8 Å². The molecule has 0 saturated heterocycles. The first-order valence-electron chi connectivity index (χ1n) is 28.6. The first-order chi connectivity index (χ1) is 44.0. The highest BCUT2D eigenvalue weighted by molar-refractivity contribution is 7.98. The van der Waals surface area contributed by atoms with Crippen molar-refractivity contribution < 1.29 is 63.2 Å². The van der Waals surface area contributed by atoms with Crippen LogP contribution in [0, 0.1) is 34.9 Å². The van der Waals surface area contributed by atoms with E-state index in [0.29, 0.717) is 71.7 Å². The van der Waals surface area contributed by atoms with Gasteiger partial charge in [-0.05, 0) is 95.8 Å². The molecule has 18 nitrogen and oxygen atoms in total. The van der Waals surface area contributed by atoms with Gasteiger partial charge in [-0.2, -0.15) is 21.7 Å². The lowest BCUT2D eigenvalue weighted by Crippen LogP contribution is -2.13. The summed E-state index contributed by atoms with van der Waals surface area (Å²) in [4.78, 5) is 26.3. The van der Waals surface area contributed by atoms with E-state index in [1.807, 2.05) is 0 Å². The van der Waals surface area contributed by atoms with Crippen molar-refractivity contribution in [2.75, 3.05) is 61.8 Å². The van der Waals surface area contributed by atoms with Crippen LogP contribution in [0.5, 0.6) is 34.8 Å². The number of hydrogen-bond acceptors (Lipinski definition) is 18. The van der Waals surface area contributed by atoms with Crippen molar-refractivity contribution in [1.29, 1.82) is 0 Å². The molecule has 8 heterocycles. The zero-order valence-electron chi connectivity index (χ0n) is 48.5. The Kier molecular flexibility index (Phi) is 18.8. The largest absolute Gasteiger partial charge is 0.493 e. The molecule has 0 saturated carbocycles. The lowest BCUT2D eigenvalue weighted by atomic mass is 10.0. The van der Waals surface area contributed by atoms with Gasteiger partial charge in [0.15, 0.2) is 5.82 Å². The molecule has 3 aliphatic rings. The van der Waals surface area contributed by atoms with Gasteiger partial charge in [-0.15, -0.1) is 0 Å². The zero-order valence-corrected chi connectivity index (χ0v) is 50.9. The van der Waals surface area contributed by atoms with Crippen molar-refractivity contribution in [3.8, 4) is 68.3 Å². The van der Waals surface area contributed by atoms with Gasteiger partial charge < -0.3 is 44.4 Å². The maximum Gasteiger partial charge on any atom is 0.227 e. The maximum atomic E-state index is 16.2. The highest BCUT2D eigenvalue weighted by Crippen LogP contribution is 2.40. The van der Waals surface area contributed by atoms with E-state index < -0.39 is 55.4 Å². The third-order valence-electron chi connectivity index (χ3n) is 14.1. The molecule has 5 N–H and O–H groups in total. The van der Waals surface area contributed by atoms with Crippen molar-refractivity contribution in [1.82, 2.24) is 29.9 Å². The lowest BCUT2D eigenvalue weighted by molar-refractivity contribution is 0.242. The smallest absolute Gasteiger partial charge is 0.227 e. The maximum absolute atomic E-state index is 16.2. The molecule has 0 amide bonds. The molecule has 12 bridgehead atoms. The fraction of sp³-hybridized carbons (Fsp3) is 0.234. The summed E-state index contributed by atoms with van der Waals surface area (Å²) in [6, 6.07) is 23.7. The molecule has 5 aromatic heterocycles. The summed E-state index contributed by atoms with van der Waals surface area (Å²) < 4.78 is 157. The SMILES string of the molecule is CS(N)(=O)=Cc1cc2cc(c1)OCCCCOc1cc(F)c(CSCc3cc4nc(c3)OCCCOc3cc(F)c(CS(=O)Cc5cc6nc(c5)OCCCOc5cc(F)ccc5-c5cc(ncc5F)N6)cc3-c3cc(ncc3F)N4)cc1-c1nc(ncc1F)N2. The van der Waals surface area contributed by atoms with Gasteiger partial charge in [0.05, 0.1) is 64.0 Å². The predicted octanol–water partition coefficient (Wildman–Crippen LogP) is 12.8. The van der Waals surface area contributed by atoms with Crippen LogP contribution in [0.2, 0.25) is 0 Å². The molecule has 2 unspecified atom stereocenters. The molecule has 2 atom stereocenters. The number of fused-ring (bicyclic) bond motifs is 18. The van der Waals surface area contributed by atoms with Gasteiger partial charge in [-0.3, -0.25) is 13.6 Å². The predicted molar refractivity (Wildman–Crippen MR) is 337 cm³/mol. The second kappa shape index (κ2) is 27.5. The summed E-state index contributed by atoms with van der Waals surface area (Å²) in [6.45, 7) is 0.822. The molecule has 0 radical (unpaired) electrons. The van der Waals surface area contributed by atoms with Gasteiger partial charge in [-0.25, -0.2) is 46.3 Å². The van der Waals surface area contributed by atoms with Crippen LogP contribution in [0.25, 0.3) is 33.5 Å². The molecule has 9 aromatic rings. The summed E-state index contributed by atoms with van der Waals surface area (Å²) in [5.74, 6) is -2.09. The number of halogens is 6. The Balaban J connectivity index is 0.761. The zero-order chi connectivity index (χ0) is 63.2. The summed E-state index contributed by atoms with van der Waals surface area (Å²) in [6.07, 6.45) is 6.13. The van der Waals surface area contributed by atoms with E-state index in [1.54, 1.807) is 42.5 Å². The van der Waals surface area contributed by atoms with Gasteiger partial charge in [0, 0.05) is 138 Å². The van der Waals surface area contributed by atoms with Gasteiger partial charge in [-0.1, -0.05) is 0 Å². The number of aromatic nitrogens is 6. The van der Waals surface area contributed by atoms with Crippen LogP contribution >= 0.6 is 11.8 Å². The Labute approximate surface area is 525 Å². The van der Waals surface area contributed by atoms with Crippen molar-refractivity contribution in [3.05, 3.63) is 178 Å². The second-order valence-corrected chi connectivity index (χ2v) is 26.0. The van der Waals surface area contributed by atoms with E-state index in [0.717, 1.165) is 24.7 Å². The van der Waals surface area contributed by atoms with E-state index in [1.165, 1.54) is 71.9 Å². The van der Waals surface area contributed by atoms with Crippen molar-refractivity contribution in [2.45, 2.75) is 48.7 Å². The molecule has 4 aromatic carbocycles. The Hall–Kier alpha value is -9.18. The monoisotopic (exact) mass is 1300 g/mol. The normalized spacial score (nSPS) is 14.9. The van der Waals surface area contributed by atoms with Crippen LogP contribution in [0.4, 0.5) is 61.2 Å². The average molecular weight is 1300 g/mol. The standard InChI is InChI=1S/C64H56F6N10O8S3/c1-91(71,82)35-38-14-42-23-43(15-38)83-8-2-3-9-84-56-26-49(66)39(20-48(56)63-53(70)30-74-64(75-42)80-63)32-89-31-36-16-59-76-58-25-46(52(69)29-73-58)47-21-40(50(67)27-55(47)86-11-5-12-87-61(18-36)78-59)34-90(81)33-37-17-60-77-57-24-45(51(68)28-72-57)44-7-6-41(65)22-54(44)85-10-4-13-88-62(19-37)79-60/h6-7,14-30,35H,2-5,8-13,31-34H2,1H3,(H2,71,82)(H,72,77,79)(H,73,76,78)(H,74,75,80). The minimum atomic E-state index is -2.78. The molecule has 0 fully saturated rings. The van der Waals surface area contributed by atoms with Crippen molar-refractivity contribution in [2.24, 2.45) is 5.14 Å². The Bertz CT molecular complexity index is 4410. The highest BCUT2D eigenvalue weighted by atomic mass is 32.2. The van der Waals surface area contributed by atoms with Gasteiger partial charge in [0.25, 0.3) is 0 Å². The number of nitrogens with two attached hydrogens (primary N) is 1. The van der Waals surface area contributed by atoms with E-state index in [4.69, 9.17) is 33.6 Å². The number of benzene rings is 4. The molecule has 27 heteroatoms. The molecule has 12 rings (SSSR count). The summed E-state index contributed by atoms with van der Waals surface area (Å²) >= 11 is 1.35. The van der Waals surface area contributed by atoms with Crippen LogP contribution in [0.15, 0.2) is 116 Å². The second-order valence-electron chi connectivity index (χ2n) is 21.4. The van der Waals surface area contributed by atoms with Crippen LogP contribution in [0.3, 0.4) is 0 Å². The number of pyridine rings is 4. The molecule has 0 spiro atoms. The van der Waals surface area contributed by atoms with Gasteiger partial charge in [0.2, 0.25) is 17.7 Å². The van der Waals surface area contributed by atoms with Crippen LogP contribution in [0.1, 0.15) is 53.5 Å². The number of ether oxygens (including phenoxy) is 6. The minimum absolute atomic E-state index is 0.00346. The number of rotatable bonds is 9.